The molecule has 4 aromatic rings. The van der Waals surface area contributed by atoms with Gasteiger partial charge in [0.05, 0.1) is 5.69 Å². The number of nitrogens with zero attached hydrogens (tertiary/aromatic N) is 4. The molecule has 8 heteroatoms. The normalized spacial score (nSPS) is 14.3. The van der Waals surface area contributed by atoms with Gasteiger partial charge in [0.1, 0.15) is 5.82 Å². The van der Waals surface area contributed by atoms with Crippen LogP contribution in [0.2, 0.25) is 0 Å². The third kappa shape index (κ3) is 8.45. The second-order valence-corrected chi connectivity index (χ2v) is 14.1. The number of carbonyl (C=O) groups is 1. The van der Waals surface area contributed by atoms with Gasteiger partial charge in [-0.25, -0.2) is 4.39 Å². The van der Waals surface area contributed by atoms with Gasteiger partial charge in [-0.3, -0.25) is 24.0 Å². The molecule has 0 saturated carbocycles. The fourth-order valence-electron chi connectivity index (χ4n) is 7.42. The van der Waals surface area contributed by atoms with Crippen molar-refractivity contribution in [3.8, 4) is 5.69 Å². The second-order valence-electron chi connectivity index (χ2n) is 14.1. The van der Waals surface area contributed by atoms with Crippen molar-refractivity contribution in [3.05, 3.63) is 128 Å². The first-order valence-corrected chi connectivity index (χ1v) is 18.6. The Morgan fingerprint density at radius 2 is 1.77 bits per heavy atom. The van der Waals surface area contributed by atoms with Crippen LogP contribution in [0.3, 0.4) is 0 Å². The van der Waals surface area contributed by atoms with E-state index in [1.807, 2.05) is 44.2 Å². The first kappa shape index (κ1) is 38.4. The highest BCUT2D eigenvalue weighted by Crippen LogP contribution is 2.32. The average molecular weight is 704 g/mol. The lowest BCUT2D eigenvalue weighted by Crippen LogP contribution is -2.37. The summed E-state index contributed by atoms with van der Waals surface area (Å²) in [7, 11) is 3.54. The molecule has 2 aromatic heterocycles. The smallest absolute Gasteiger partial charge is 0.258 e. The molecule has 1 atom stereocenters. The van der Waals surface area contributed by atoms with E-state index in [0.717, 1.165) is 77.3 Å². The van der Waals surface area contributed by atoms with Crippen LogP contribution in [0, 0.1) is 19.7 Å². The lowest BCUT2D eigenvalue weighted by Gasteiger charge is -2.33. The van der Waals surface area contributed by atoms with Gasteiger partial charge in [-0.05, 0) is 106 Å². The summed E-state index contributed by atoms with van der Waals surface area (Å²) in [6.07, 6.45) is 13.0. The minimum atomic E-state index is -0.365. The van der Waals surface area contributed by atoms with Crippen LogP contribution >= 0.6 is 0 Å². The molecule has 7 nitrogen and oxygen atoms in total. The van der Waals surface area contributed by atoms with E-state index >= 15 is 4.39 Å². The van der Waals surface area contributed by atoms with Crippen molar-refractivity contribution in [2.45, 2.75) is 85.6 Å². The van der Waals surface area contributed by atoms with Crippen LogP contribution in [0.5, 0.6) is 0 Å². The minimum Gasteiger partial charge on any atom is -0.388 e. The Kier molecular flexibility index (Phi) is 12.7. The number of aromatic nitrogens is 2. The molecule has 0 radical (unpaired) electrons. The zero-order valence-electron chi connectivity index (χ0n) is 32.1. The monoisotopic (exact) mass is 703 g/mol. The van der Waals surface area contributed by atoms with Gasteiger partial charge in [-0.2, -0.15) is 0 Å². The molecular formula is C44H54FN5O2. The van der Waals surface area contributed by atoms with Crippen molar-refractivity contribution >= 4 is 28.9 Å². The Labute approximate surface area is 308 Å². The van der Waals surface area contributed by atoms with Crippen molar-refractivity contribution in [2.75, 3.05) is 37.4 Å². The number of pyridine rings is 2. The fourth-order valence-corrected chi connectivity index (χ4v) is 7.42. The van der Waals surface area contributed by atoms with Crippen LogP contribution in [-0.4, -0.2) is 53.6 Å². The molecule has 52 heavy (non-hydrogen) atoms. The molecule has 0 bridgehead atoms. The van der Waals surface area contributed by atoms with Crippen LogP contribution in [0.25, 0.3) is 17.3 Å². The van der Waals surface area contributed by atoms with Crippen molar-refractivity contribution < 1.29 is 9.18 Å². The standard InChI is InChI=1S/C44H54FN5O2/c1-9-11-33(12-10-2)34-13-15-38(16-14-34)48(8)44(52)36-25-30(4)43(40(45)27-36)35-18-22-49(23-19-35)32(6)29(3)26-39-31(5)47-21-17-41(39)50-24-20-37(46-7)28-42(50)51/h13-18,20-21,24-28,32-33,46H,9-12,19,22-23H2,1-8H3/b29-26+. The molecule has 0 saturated heterocycles. The number of rotatable bonds is 13. The minimum absolute atomic E-state index is 0.105. The van der Waals surface area contributed by atoms with Gasteiger partial charge in [0.25, 0.3) is 11.5 Å². The number of aryl methyl sites for hydroxylation is 2. The lowest BCUT2D eigenvalue weighted by molar-refractivity contribution is 0.0992. The molecule has 1 unspecified atom stereocenters. The molecule has 0 fully saturated rings. The molecule has 1 aliphatic heterocycles. The summed E-state index contributed by atoms with van der Waals surface area (Å²) in [6, 6.07) is 16.9. The third-order valence-electron chi connectivity index (χ3n) is 10.6. The Morgan fingerprint density at radius 3 is 2.37 bits per heavy atom. The molecule has 1 N–H and O–H groups in total. The van der Waals surface area contributed by atoms with Gasteiger partial charge in [-0.15, -0.1) is 0 Å². The topological polar surface area (TPSA) is 70.5 Å². The number of hydrogen-bond acceptors (Lipinski definition) is 5. The first-order chi connectivity index (χ1) is 25.0. The quantitative estimate of drug-likeness (QED) is 0.150. The second kappa shape index (κ2) is 17.1. The summed E-state index contributed by atoms with van der Waals surface area (Å²) in [6.45, 7) is 14.0. The van der Waals surface area contributed by atoms with Crippen LogP contribution in [0.15, 0.2) is 83.4 Å². The lowest BCUT2D eigenvalue weighted by atomic mass is 9.90. The summed E-state index contributed by atoms with van der Waals surface area (Å²) in [5.74, 6) is -0.0634. The number of nitrogens with one attached hydrogen (secondary N) is 1. The highest BCUT2D eigenvalue weighted by molar-refractivity contribution is 6.06. The molecular weight excluding hydrogens is 650 g/mol. The van der Waals surface area contributed by atoms with Gasteiger partial charge < -0.3 is 10.2 Å². The summed E-state index contributed by atoms with van der Waals surface area (Å²) >= 11 is 0. The van der Waals surface area contributed by atoms with E-state index in [1.165, 1.54) is 11.6 Å². The maximum absolute atomic E-state index is 15.9. The van der Waals surface area contributed by atoms with Gasteiger partial charge in [0, 0.05) is 85.4 Å². The maximum Gasteiger partial charge on any atom is 0.258 e. The number of anilines is 2. The van der Waals surface area contributed by atoms with Crippen molar-refractivity contribution in [3.63, 3.8) is 0 Å². The number of amides is 1. The maximum atomic E-state index is 15.9. The molecule has 274 valence electrons. The van der Waals surface area contributed by atoms with E-state index in [1.54, 1.807) is 42.0 Å². The average Bonchev–Trinajstić information content (AvgIpc) is 3.14. The first-order valence-electron chi connectivity index (χ1n) is 18.6. The van der Waals surface area contributed by atoms with E-state index in [4.69, 9.17) is 0 Å². The fraction of sp³-hybridized carbons (Fsp3) is 0.386. The number of benzene rings is 2. The van der Waals surface area contributed by atoms with Gasteiger partial charge in [-0.1, -0.05) is 56.5 Å². The highest BCUT2D eigenvalue weighted by Gasteiger charge is 2.24. The van der Waals surface area contributed by atoms with Crippen molar-refractivity contribution in [1.29, 1.82) is 0 Å². The summed E-state index contributed by atoms with van der Waals surface area (Å²) < 4.78 is 17.5. The SMILES string of the molecule is CCCC(CCC)c1ccc(N(C)C(=O)c2cc(C)c(C3=CCN(C(C)/C(C)=C/c4c(-n5ccc(NC)cc5=O)ccnc4C)CC3)c(F)c2)cc1. The van der Waals surface area contributed by atoms with Gasteiger partial charge >= 0.3 is 0 Å². The van der Waals surface area contributed by atoms with Crippen LogP contribution in [-0.2, 0) is 0 Å². The number of carbonyl (C=O) groups excluding carboxylic acids is 1. The Bertz CT molecular complexity index is 1980. The predicted molar refractivity (Wildman–Crippen MR) is 214 cm³/mol. The third-order valence-corrected chi connectivity index (χ3v) is 10.6. The van der Waals surface area contributed by atoms with E-state index < -0.39 is 0 Å². The Hall–Kier alpha value is -4.82. The largest absolute Gasteiger partial charge is 0.388 e. The molecule has 0 spiro atoms. The molecule has 3 heterocycles. The molecule has 1 aliphatic rings. The molecule has 5 rings (SSSR count). The highest BCUT2D eigenvalue weighted by atomic mass is 19.1. The Morgan fingerprint density at radius 1 is 1.06 bits per heavy atom. The molecule has 1 amide bonds. The number of halogens is 1. The Balaban J connectivity index is 1.30. The van der Waals surface area contributed by atoms with Crippen LogP contribution in [0.4, 0.5) is 15.8 Å². The van der Waals surface area contributed by atoms with Crippen molar-refractivity contribution in [1.82, 2.24) is 14.5 Å². The van der Waals surface area contributed by atoms with E-state index in [0.29, 0.717) is 30.0 Å². The zero-order chi connectivity index (χ0) is 37.5. The zero-order valence-corrected chi connectivity index (χ0v) is 32.1. The summed E-state index contributed by atoms with van der Waals surface area (Å²) in [5, 5.41) is 3.02. The van der Waals surface area contributed by atoms with Gasteiger partial charge in [0.15, 0.2) is 0 Å². The van der Waals surface area contributed by atoms with Crippen LogP contribution < -0.4 is 15.8 Å². The predicted octanol–water partition coefficient (Wildman–Crippen LogP) is 9.57. The van der Waals surface area contributed by atoms with Gasteiger partial charge in [0.2, 0.25) is 0 Å². The van der Waals surface area contributed by atoms with E-state index in [-0.39, 0.29) is 23.3 Å². The summed E-state index contributed by atoms with van der Waals surface area (Å²) in [5.41, 5.74) is 9.07. The number of hydrogen-bond donors (Lipinski definition) is 1. The van der Waals surface area contributed by atoms with E-state index in [2.05, 4.69) is 67.2 Å². The van der Waals surface area contributed by atoms with Crippen LogP contribution in [0.1, 0.15) is 104 Å². The molecule has 2 aromatic carbocycles. The van der Waals surface area contributed by atoms with Crippen molar-refractivity contribution in [2.24, 2.45) is 0 Å². The molecule has 0 aliphatic carbocycles. The summed E-state index contributed by atoms with van der Waals surface area (Å²) in [4.78, 5) is 35.0. The van der Waals surface area contributed by atoms with E-state index in [9.17, 15) is 9.59 Å².